The van der Waals surface area contributed by atoms with Crippen molar-refractivity contribution in [1.82, 2.24) is 4.98 Å². The summed E-state index contributed by atoms with van der Waals surface area (Å²) in [5.41, 5.74) is 6.79. The maximum absolute atomic E-state index is 13.5. The van der Waals surface area contributed by atoms with Crippen molar-refractivity contribution in [2.75, 3.05) is 18.2 Å². The molecule has 0 spiro atoms. The fourth-order valence-electron chi connectivity index (χ4n) is 1.66. The monoisotopic (exact) mass is 265 g/mol. The number of benzene rings is 1. The molecule has 0 aliphatic carbocycles. The third-order valence-electron chi connectivity index (χ3n) is 2.61. The molecule has 3 N–H and O–H groups in total. The van der Waals surface area contributed by atoms with E-state index in [0.717, 1.165) is 11.3 Å². The number of nitrogens with two attached hydrogens (primary N) is 1. The Kier molecular flexibility index (Phi) is 3.50. The number of halogens is 2. The SMILES string of the molecule is COc1ccc(Nc2nc(N)c(F)cc2F)cc1C. The van der Waals surface area contributed by atoms with E-state index in [4.69, 9.17) is 10.5 Å². The molecule has 0 saturated carbocycles. The molecule has 100 valence electrons. The second kappa shape index (κ2) is 5.09. The van der Waals surface area contributed by atoms with Crippen LogP contribution >= 0.6 is 0 Å². The Bertz CT molecular complexity index is 617. The number of pyridine rings is 1. The Morgan fingerprint density at radius 3 is 2.58 bits per heavy atom. The summed E-state index contributed by atoms with van der Waals surface area (Å²) < 4.78 is 31.6. The van der Waals surface area contributed by atoms with Crippen LogP contribution in [0.5, 0.6) is 5.75 Å². The van der Waals surface area contributed by atoms with Gasteiger partial charge in [0.1, 0.15) is 5.75 Å². The Labute approximate surface area is 109 Å². The Morgan fingerprint density at radius 2 is 1.95 bits per heavy atom. The molecule has 1 aromatic heterocycles. The number of ether oxygens (including phenoxy) is 1. The number of aromatic nitrogens is 1. The molecule has 4 nitrogen and oxygen atoms in total. The number of nitrogens with one attached hydrogen (secondary N) is 1. The van der Waals surface area contributed by atoms with Crippen molar-refractivity contribution in [3.8, 4) is 5.75 Å². The topological polar surface area (TPSA) is 60.2 Å². The van der Waals surface area contributed by atoms with Crippen molar-refractivity contribution < 1.29 is 13.5 Å². The largest absolute Gasteiger partial charge is 0.496 e. The molecule has 0 fully saturated rings. The van der Waals surface area contributed by atoms with Gasteiger partial charge < -0.3 is 15.8 Å². The minimum Gasteiger partial charge on any atom is -0.496 e. The van der Waals surface area contributed by atoms with Crippen LogP contribution in [0.1, 0.15) is 5.56 Å². The van der Waals surface area contributed by atoms with Crippen molar-refractivity contribution in [3.05, 3.63) is 41.5 Å². The molecule has 0 saturated heterocycles. The fourth-order valence-corrected chi connectivity index (χ4v) is 1.66. The highest BCUT2D eigenvalue weighted by Crippen LogP contribution is 2.25. The summed E-state index contributed by atoms with van der Waals surface area (Å²) >= 11 is 0. The molecule has 0 atom stereocenters. The molecule has 0 bridgehead atoms. The number of hydrogen-bond donors (Lipinski definition) is 2. The van der Waals surface area contributed by atoms with Crippen LogP contribution in [0.4, 0.5) is 26.1 Å². The van der Waals surface area contributed by atoms with E-state index >= 15 is 0 Å². The summed E-state index contributed by atoms with van der Waals surface area (Å²) in [5, 5.41) is 2.74. The predicted molar refractivity (Wildman–Crippen MR) is 69.6 cm³/mol. The zero-order chi connectivity index (χ0) is 14.0. The van der Waals surface area contributed by atoms with Gasteiger partial charge in [0, 0.05) is 11.8 Å². The zero-order valence-electron chi connectivity index (χ0n) is 10.5. The number of hydrogen-bond acceptors (Lipinski definition) is 4. The highest BCUT2D eigenvalue weighted by molar-refractivity contribution is 5.60. The lowest BCUT2D eigenvalue weighted by Crippen LogP contribution is -2.03. The van der Waals surface area contributed by atoms with Gasteiger partial charge in [-0.25, -0.2) is 13.8 Å². The van der Waals surface area contributed by atoms with Gasteiger partial charge in [-0.3, -0.25) is 0 Å². The highest BCUT2D eigenvalue weighted by Gasteiger charge is 2.10. The zero-order valence-corrected chi connectivity index (χ0v) is 10.5. The molecule has 6 heteroatoms. The van der Waals surface area contributed by atoms with Gasteiger partial charge >= 0.3 is 0 Å². The maximum Gasteiger partial charge on any atom is 0.169 e. The van der Waals surface area contributed by atoms with Gasteiger partial charge in [-0.05, 0) is 30.7 Å². The van der Waals surface area contributed by atoms with E-state index in [9.17, 15) is 8.78 Å². The molecule has 19 heavy (non-hydrogen) atoms. The Balaban J connectivity index is 2.31. The quantitative estimate of drug-likeness (QED) is 0.895. The minimum atomic E-state index is -0.881. The smallest absolute Gasteiger partial charge is 0.169 e. The molecule has 1 aromatic carbocycles. The summed E-state index contributed by atoms with van der Waals surface area (Å²) in [4.78, 5) is 3.63. The lowest BCUT2D eigenvalue weighted by molar-refractivity contribution is 0.412. The minimum absolute atomic E-state index is 0.122. The van der Waals surface area contributed by atoms with Crippen LogP contribution in [0.2, 0.25) is 0 Å². The van der Waals surface area contributed by atoms with E-state index in [2.05, 4.69) is 10.3 Å². The van der Waals surface area contributed by atoms with E-state index < -0.39 is 11.6 Å². The average molecular weight is 265 g/mol. The first-order chi connectivity index (χ1) is 9.01. The molecule has 1 heterocycles. The number of anilines is 3. The Morgan fingerprint density at radius 1 is 1.21 bits per heavy atom. The third-order valence-corrected chi connectivity index (χ3v) is 2.61. The molecular formula is C13H13F2N3O. The van der Waals surface area contributed by atoms with Crippen molar-refractivity contribution in [1.29, 1.82) is 0 Å². The fraction of sp³-hybridized carbons (Fsp3) is 0.154. The van der Waals surface area contributed by atoms with Crippen molar-refractivity contribution in [2.45, 2.75) is 6.92 Å². The normalized spacial score (nSPS) is 10.3. The van der Waals surface area contributed by atoms with Crippen LogP contribution in [-0.2, 0) is 0 Å². The first-order valence-electron chi connectivity index (χ1n) is 5.54. The van der Waals surface area contributed by atoms with E-state index in [1.807, 2.05) is 6.92 Å². The molecule has 0 amide bonds. The molecular weight excluding hydrogens is 252 g/mol. The number of aryl methyl sites for hydroxylation is 1. The second-order valence-corrected chi connectivity index (χ2v) is 4.00. The summed E-state index contributed by atoms with van der Waals surface area (Å²) in [6.07, 6.45) is 0. The molecule has 2 rings (SSSR count). The van der Waals surface area contributed by atoms with E-state index in [0.29, 0.717) is 11.8 Å². The predicted octanol–water partition coefficient (Wildman–Crippen LogP) is 3.00. The Hall–Kier alpha value is -2.37. The third kappa shape index (κ3) is 2.73. The summed E-state index contributed by atoms with van der Waals surface area (Å²) in [5.74, 6) is -1.44. The van der Waals surface area contributed by atoms with Crippen LogP contribution in [0, 0.1) is 18.6 Å². The summed E-state index contributed by atoms with van der Waals surface area (Å²) in [7, 11) is 1.57. The van der Waals surface area contributed by atoms with Gasteiger partial charge in [0.25, 0.3) is 0 Å². The van der Waals surface area contributed by atoms with Crippen LogP contribution in [0.25, 0.3) is 0 Å². The van der Waals surface area contributed by atoms with Crippen molar-refractivity contribution >= 4 is 17.3 Å². The number of nitrogen functional groups attached to an aromatic ring is 1. The van der Waals surface area contributed by atoms with Crippen LogP contribution in [-0.4, -0.2) is 12.1 Å². The van der Waals surface area contributed by atoms with E-state index in [1.165, 1.54) is 0 Å². The lowest BCUT2D eigenvalue weighted by atomic mass is 10.2. The van der Waals surface area contributed by atoms with Gasteiger partial charge in [-0.2, -0.15) is 0 Å². The van der Waals surface area contributed by atoms with Crippen molar-refractivity contribution in [2.24, 2.45) is 0 Å². The van der Waals surface area contributed by atoms with Crippen molar-refractivity contribution in [3.63, 3.8) is 0 Å². The number of rotatable bonds is 3. The van der Waals surface area contributed by atoms with Crippen LogP contribution < -0.4 is 15.8 Å². The first kappa shape index (κ1) is 13.1. The van der Waals surface area contributed by atoms with E-state index in [1.54, 1.807) is 25.3 Å². The molecule has 2 aromatic rings. The van der Waals surface area contributed by atoms with Gasteiger partial charge in [0.05, 0.1) is 7.11 Å². The maximum atomic E-state index is 13.5. The molecule has 0 unspecified atom stereocenters. The average Bonchev–Trinajstić information content (AvgIpc) is 2.36. The number of methoxy groups -OCH3 is 1. The first-order valence-corrected chi connectivity index (χ1v) is 5.54. The van der Waals surface area contributed by atoms with Gasteiger partial charge in [0.15, 0.2) is 23.3 Å². The van der Waals surface area contributed by atoms with Gasteiger partial charge in [0.2, 0.25) is 0 Å². The van der Waals surface area contributed by atoms with Crippen LogP contribution in [0.15, 0.2) is 24.3 Å². The van der Waals surface area contributed by atoms with Gasteiger partial charge in [-0.1, -0.05) is 0 Å². The standard InChI is InChI=1S/C13H13F2N3O/c1-7-5-8(3-4-11(7)19-2)17-13-10(15)6-9(14)12(16)18-13/h3-6H,1-2H3,(H3,16,17,18). The summed E-state index contributed by atoms with van der Waals surface area (Å²) in [6.45, 7) is 1.85. The lowest BCUT2D eigenvalue weighted by Gasteiger charge is -2.10. The second-order valence-electron chi connectivity index (χ2n) is 4.00. The van der Waals surface area contributed by atoms with Crippen LogP contribution in [0.3, 0.4) is 0 Å². The number of nitrogens with zero attached hydrogens (tertiary/aromatic N) is 1. The highest BCUT2D eigenvalue weighted by atomic mass is 19.1. The molecule has 0 aliphatic heterocycles. The van der Waals surface area contributed by atoms with E-state index in [-0.39, 0.29) is 11.6 Å². The summed E-state index contributed by atoms with van der Waals surface area (Å²) in [6, 6.07) is 5.90. The van der Waals surface area contributed by atoms with Gasteiger partial charge in [-0.15, -0.1) is 0 Å². The molecule has 0 radical (unpaired) electrons. The molecule has 0 aliphatic rings.